The van der Waals surface area contributed by atoms with E-state index < -0.39 is 0 Å². The third-order valence-corrected chi connectivity index (χ3v) is 3.27. The number of hydrogen-bond donors (Lipinski definition) is 2. The highest BCUT2D eigenvalue weighted by Crippen LogP contribution is 2.25. The van der Waals surface area contributed by atoms with E-state index in [-0.39, 0.29) is 10.8 Å². The summed E-state index contributed by atoms with van der Waals surface area (Å²) < 4.78 is 13.3. The Kier molecular flexibility index (Phi) is 4.69. The van der Waals surface area contributed by atoms with Crippen LogP contribution in [0.1, 0.15) is 24.5 Å². The van der Waals surface area contributed by atoms with E-state index in [1.807, 2.05) is 18.2 Å². The molecule has 0 radical (unpaired) electrons. The van der Waals surface area contributed by atoms with Crippen LogP contribution in [0.25, 0.3) is 0 Å². The van der Waals surface area contributed by atoms with E-state index in [0.717, 1.165) is 24.2 Å². The van der Waals surface area contributed by atoms with Crippen molar-refractivity contribution in [2.75, 3.05) is 5.32 Å². The monoisotopic (exact) mass is 288 g/mol. The first-order chi connectivity index (χ1) is 9.61. The third-order valence-electron chi connectivity index (χ3n) is 3.05. The minimum atomic E-state index is -0.347. The number of nitrogens with two attached hydrogens (primary N) is 1. The van der Waals surface area contributed by atoms with Gasteiger partial charge in [0.1, 0.15) is 10.8 Å². The molecule has 2 rings (SSSR count). The molecule has 0 heterocycles. The van der Waals surface area contributed by atoms with Crippen molar-refractivity contribution in [3.05, 3.63) is 59.4 Å². The molecule has 2 nitrogen and oxygen atoms in total. The topological polar surface area (TPSA) is 38.0 Å². The molecular formula is C16H17FN2S. The molecule has 0 aliphatic heterocycles. The Morgan fingerprint density at radius 2 is 1.95 bits per heavy atom. The van der Waals surface area contributed by atoms with Gasteiger partial charge in [0.05, 0.1) is 0 Å². The Balaban J connectivity index is 2.37. The van der Waals surface area contributed by atoms with Gasteiger partial charge in [-0.15, -0.1) is 0 Å². The molecule has 0 spiro atoms. The largest absolute Gasteiger partial charge is 0.389 e. The fourth-order valence-electron chi connectivity index (χ4n) is 2.10. The molecule has 0 saturated carbocycles. The number of anilines is 2. The van der Waals surface area contributed by atoms with Crippen LogP contribution in [0.2, 0.25) is 0 Å². The van der Waals surface area contributed by atoms with E-state index in [0.29, 0.717) is 5.56 Å². The average Bonchev–Trinajstić information content (AvgIpc) is 2.43. The number of aryl methyl sites for hydroxylation is 1. The molecule has 0 bridgehead atoms. The van der Waals surface area contributed by atoms with Crippen LogP contribution in [0.5, 0.6) is 0 Å². The molecule has 0 amide bonds. The maximum atomic E-state index is 13.3. The molecule has 0 fully saturated rings. The van der Waals surface area contributed by atoms with Crippen LogP contribution in [0.3, 0.4) is 0 Å². The van der Waals surface area contributed by atoms with Crippen molar-refractivity contribution in [1.29, 1.82) is 0 Å². The van der Waals surface area contributed by atoms with Gasteiger partial charge in [0, 0.05) is 16.9 Å². The van der Waals surface area contributed by atoms with Gasteiger partial charge in [-0.1, -0.05) is 43.8 Å². The van der Waals surface area contributed by atoms with E-state index in [1.165, 1.54) is 17.7 Å². The smallest absolute Gasteiger partial charge is 0.124 e. The second kappa shape index (κ2) is 6.48. The molecule has 4 heteroatoms. The summed E-state index contributed by atoms with van der Waals surface area (Å²) >= 11 is 4.98. The van der Waals surface area contributed by atoms with Gasteiger partial charge in [-0.05, 0) is 36.2 Å². The second-order valence-corrected chi connectivity index (χ2v) is 5.03. The summed E-state index contributed by atoms with van der Waals surface area (Å²) in [4.78, 5) is 0.181. The van der Waals surface area contributed by atoms with Gasteiger partial charge in [-0.2, -0.15) is 0 Å². The van der Waals surface area contributed by atoms with Gasteiger partial charge in [0.2, 0.25) is 0 Å². The number of rotatable bonds is 5. The zero-order chi connectivity index (χ0) is 14.5. The Morgan fingerprint density at radius 1 is 1.20 bits per heavy atom. The maximum absolute atomic E-state index is 13.3. The van der Waals surface area contributed by atoms with Crippen LogP contribution >= 0.6 is 12.2 Å². The number of para-hydroxylation sites is 1. The van der Waals surface area contributed by atoms with Crippen LogP contribution in [-0.4, -0.2) is 4.99 Å². The minimum Gasteiger partial charge on any atom is -0.389 e. The van der Waals surface area contributed by atoms with Gasteiger partial charge in [-0.25, -0.2) is 4.39 Å². The van der Waals surface area contributed by atoms with E-state index >= 15 is 0 Å². The van der Waals surface area contributed by atoms with Crippen LogP contribution in [0.4, 0.5) is 15.8 Å². The summed E-state index contributed by atoms with van der Waals surface area (Å²) in [7, 11) is 0. The van der Waals surface area contributed by atoms with Crippen LogP contribution < -0.4 is 11.1 Å². The van der Waals surface area contributed by atoms with E-state index in [2.05, 4.69) is 18.3 Å². The van der Waals surface area contributed by atoms with Gasteiger partial charge in [0.15, 0.2) is 0 Å². The third kappa shape index (κ3) is 3.33. The van der Waals surface area contributed by atoms with Crippen LogP contribution in [0, 0.1) is 5.82 Å². The molecule has 2 aromatic rings. The highest BCUT2D eigenvalue weighted by molar-refractivity contribution is 7.80. The van der Waals surface area contributed by atoms with Crippen LogP contribution in [-0.2, 0) is 6.42 Å². The zero-order valence-electron chi connectivity index (χ0n) is 11.3. The lowest BCUT2D eigenvalue weighted by atomic mass is 10.1. The first kappa shape index (κ1) is 14.5. The average molecular weight is 288 g/mol. The molecule has 0 aliphatic rings. The highest BCUT2D eigenvalue weighted by atomic mass is 32.1. The fraction of sp³-hybridized carbons (Fsp3) is 0.188. The Morgan fingerprint density at radius 3 is 2.65 bits per heavy atom. The fourth-order valence-corrected chi connectivity index (χ4v) is 2.27. The van der Waals surface area contributed by atoms with Gasteiger partial charge >= 0.3 is 0 Å². The summed E-state index contributed by atoms with van der Waals surface area (Å²) in [6, 6.07) is 12.5. The molecule has 0 atom stereocenters. The molecule has 104 valence electrons. The second-order valence-electron chi connectivity index (χ2n) is 4.59. The number of nitrogens with one attached hydrogen (secondary N) is 1. The maximum Gasteiger partial charge on any atom is 0.124 e. The summed E-state index contributed by atoms with van der Waals surface area (Å²) in [5.74, 6) is -0.347. The van der Waals surface area contributed by atoms with E-state index in [1.54, 1.807) is 6.07 Å². The number of benzene rings is 2. The van der Waals surface area contributed by atoms with Crippen molar-refractivity contribution in [3.63, 3.8) is 0 Å². The zero-order valence-corrected chi connectivity index (χ0v) is 12.1. The summed E-state index contributed by atoms with van der Waals surface area (Å²) in [6.07, 6.45) is 2.04. The molecule has 3 N–H and O–H groups in total. The van der Waals surface area contributed by atoms with Crippen molar-refractivity contribution in [2.45, 2.75) is 19.8 Å². The molecule has 2 aromatic carbocycles. The molecule has 0 saturated heterocycles. The van der Waals surface area contributed by atoms with Crippen molar-refractivity contribution in [3.8, 4) is 0 Å². The predicted molar refractivity (Wildman–Crippen MR) is 86.0 cm³/mol. The van der Waals surface area contributed by atoms with E-state index in [4.69, 9.17) is 18.0 Å². The van der Waals surface area contributed by atoms with Gasteiger partial charge in [0.25, 0.3) is 0 Å². The van der Waals surface area contributed by atoms with Crippen molar-refractivity contribution in [1.82, 2.24) is 0 Å². The number of halogens is 1. The summed E-state index contributed by atoms with van der Waals surface area (Å²) in [5.41, 5.74) is 9.12. The number of thiocarbonyl (C=S) groups is 1. The molecule has 20 heavy (non-hydrogen) atoms. The lowest BCUT2D eigenvalue weighted by molar-refractivity contribution is 0.628. The van der Waals surface area contributed by atoms with Crippen molar-refractivity contribution in [2.24, 2.45) is 5.73 Å². The SMILES string of the molecule is CCCc1ccccc1Nc1ccc(F)cc1C(N)=S. The molecule has 0 aliphatic carbocycles. The quantitative estimate of drug-likeness (QED) is 0.811. The first-order valence-electron chi connectivity index (χ1n) is 6.56. The highest BCUT2D eigenvalue weighted by Gasteiger charge is 2.09. The van der Waals surface area contributed by atoms with Gasteiger partial charge < -0.3 is 11.1 Å². The van der Waals surface area contributed by atoms with Crippen molar-refractivity contribution >= 4 is 28.6 Å². The Bertz CT molecular complexity index is 626. The predicted octanol–water partition coefficient (Wildman–Crippen LogP) is 4.16. The van der Waals surface area contributed by atoms with E-state index in [9.17, 15) is 4.39 Å². The lowest BCUT2D eigenvalue weighted by Crippen LogP contribution is -2.12. The molecular weight excluding hydrogens is 271 g/mol. The van der Waals surface area contributed by atoms with Gasteiger partial charge in [-0.3, -0.25) is 0 Å². The normalized spacial score (nSPS) is 10.3. The summed E-state index contributed by atoms with van der Waals surface area (Å²) in [6.45, 7) is 2.13. The van der Waals surface area contributed by atoms with Crippen molar-refractivity contribution < 1.29 is 4.39 Å². The lowest BCUT2D eigenvalue weighted by Gasteiger charge is -2.14. The summed E-state index contributed by atoms with van der Waals surface area (Å²) in [5, 5.41) is 3.30. The molecule has 0 unspecified atom stereocenters. The Labute approximate surface area is 123 Å². The minimum absolute atomic E-state index is 0.181. The first-order valence-corrected chi connectivity index (χ1v) is 6.97. The Hall–Kier alpha value is -1.94. The standard InChI is InChI=1S/C16H17FN2S/c1-2-5-11-6-3-4-7-14(11)19-15-9-8-12(17)10-13(15)16(18)20/h3-4,6-10,19H,2,5H2,1H3,(H2,18,20). The number of hydrogen-bond acceptors (Lipinski definition) is 2. The van der Waals surface area contributed by atoms with Crippen LogP contribution in [0.15, 0.2) is 42.5 Å². The molecule has 0 aromatic heterocycles.